The molecule has 1 aliphatic carbocycles. The van der Waals surface area contributed by atoms with Crippen molar-refractivity contribution in [3.63, 3.8) is 0 Å². The summed E-state index contributed by atoms with van der Waals surface area (Å²) in [6.45, 7) is 0.507. The molecule has 0 aliphatic heterocycles. The summed E-state index contributed by atoms with van der Waals surface area (Å²) in [6.07, 6.45) is 2.83. The number of rotatable bonds is 3. The molecule has 0 bridgehead atoms. The quantitative estimate of drug-likeness (QED) is 0.562. The lowest BCUT2D eigenvalue weighted by molar-refractivity contribution is 0.126. The van der Waals surface area contributed by atoms with E-state index in [9.17, 15) is 0 Å². The number of hydrogen-bond donors (Lipinski definition) is 1. The van der Waals surface area contributed by atoms with Crippen LogP contribution in [0.3, 0.4) is 0 Å². The molecule has 0 heterocycles. The Hall–Kier alpha value is -0.590. The zero-order valence-corrected chi connectivity index (χ0v) is 5.26. The summed E-state index contributed by atoms with van der Waals surface area (Å²) in [4.78, 5) is 4.37. The molecule has 1 saturated carbocycles. The normalized spacial score (nSPS) is 20.9. The summed E-state index contributed by atoms with van der Waals surface area (Å²) in [6, 6.07) is 2.25. The predicted molar refractivity (Wildman–Crippen MR) is 32.0 cm³/mol. The average Bonchev–Trinajstić information content (AvgIpc) is 2.65. The molecule has 3 heteroatoms. The highest BCUT2D eigenvalue weighted by molar-refractivity contribution is 5.09. The lowest BCUT2D eigenvalue weighted by atomic mass is 10.1. The van der Waals surface area contributed by atoms with Crippen LogP contribution >= 0.6 is 0 Å². The van der Waals surface area contributed by atoms with Crippen LogP contribution < -0.4 is 5.90 Å². The third kappa shape index (κ3) is 1.41. The van der Waals surface area contributed by atoms with Crippen molar-refractivity contribution in [2.24, 2.45) is 11.3 Å². The lowest BCUT2D eigenvalue weighted by Crippen LogP contribution is -2.06. The number of nitriles is 1. The summed E-state index contributed by atoms with van der Waals surface area (Å²) in [5, 5.41) is 8.54. The van der Waals surface area contributed by atoms with Crippen LogP contribution in [0.5, 0.6) is 0 Å². The third-order valence-electron chi connectivity index (χ3n) is 1.79. The van der Waals surface area contributed by atoms with E-state index in [0.29, 0.717) is 6.61 Å². The Morgan fingerprint density at radius 3 is 2.67 bits per heavy atom. The zero-order valence-electron chi connectivity index (χ0n) is 5.26. The van der Waals surface area contributed by atoms with Crippen LogP contribution in [0.25, 0.3) is 0 Å². The molecule has 0 aromatic rings. The van der Waals surface area contributed by atoms with Gasteiger partial charge in [-0.3, -0.25) is 0 Å². The van der Waals surface area contributed by atoms with Crippen LogP contribution in [0, 0.1) is 16.7 Å². The summed E-state index contributed by atoms with van der Waals surface area (Å²) in [7, 11) is 0. The minimum Gasteiger partial charge on any atom is -0.305 e. The lowest BCUT2D eigenvalue weighted by Gasteiger charge is -2.00. The van der Waals surface area contributed by atoms with Crippen molar-refractivity contribution < 1.29 is 4.84 Å². The fourth-order valence-corrected chi connectivity index (χ4v) is 0.823. The Kier molecular flexibility index (Phi) is 1.70. The first-order chi connectivity index (χ1) is 4.33. The minimum absolute atomic E-state index is 0.0562. The zero-order chi connectivity index (χ0) is 6.74. The Bertz CT molecular complexity index is 134. The number of hydrogen-bond acceptors (Lipinski definition) is 3. The highest BCUT2D eigenvalue weighted by atomic mass is 16.6. The predicted octanol–water partition coefficient (Wildman–Crippen LogP) is 0.571. The maximum atomic E-state index is 8.54. The van der Waals surface area contributed by atoms with E-state index < -0.39 is 0 Å². The van der Waals surface area contributed by atoms with Gasteiger partial charge in [-0.25, -0.2) is 5.90 Å². The molecule has 0 unspecified atom stereocenters. The number of nitrogens with zero attached hydrogens (tertiary/aromatic N) is 1. The molecule has 0 aromatic carbocycles. The van der Waals surface area contributed by atoms with E-state index >= 15 is 0 Å². The van der Waals surface area contributed by atoms with Gasteiger partial charge < -0.3 is 4.84 Å². The van der Waals surface area contributed by atoms with Gasteiger partial charge >= 0.3 is 0 Å². The molecule has 0 aromatic heterocycles. The van der Waals surface area contributed by atoms with E-state index in [0.717, 1.165) is 19.3 Å². The number of nitrogens with two attached hydrogens (primary N) is 1. The standard InChI is InChI=1S/C6H10N2O/c7-5-6(1-2-6)3-4-9-8/h1-4,8H2. The Morgan fingerprint density at radius 1 is 1.67 bits per heavy atom. The van der Waals surface area contributed by atoms with Crippen molar-refractivity contribution in [3.05, 3.63) is 0 Å². The molecule has 0 radical (unpaired) electrons. The molecule has 9 heavy (non-hydrogen) atoms. The van der Waals surface area contributed by atoms with E-state index in [4.69, 9.17) is 11.2 Å². The van der Waals surface area contributed by atoms with Crippen molar-refractivity contribution in [1.82, 2.24) is 0 Å². The van der Waals surface area contributed by atoms with Gasteiger partial charge in [-0.15, -0.1) is 0 Å². The summed E-state index contributed by atoms with van der Waals surface area (Å²) < 4.78 is 0. The molecule has 50 valence electrons. The van der Waals surface area contributed by atoms with Gasteiger partial charge in [-0.2, -0.15) is 5.26 Å². The Morgan fingerprint density at radius 2 is 2.33 bits per heavy atom. The van der Waals surface area contributed by atoms with E-state index in [2.05, 4.69) is 10.9 Å². The van der Waals surface area contributed by atoms with E-state index in [-0.39, 0.29) is 5.41 Å². The molecule has 1 aliphatic rings. The molecule has 1 fully saturated rings. The van der Waals surface area contributed by atoms with Gasteiger partial charge in [0.1, 0.15) is 0 Å². The Labute approximate surface area is 54.4 Å². The van der Waals surface area contributed by atoms with Crippen LogP contribution in [-0.4, -0.2) is 6.61 Å². The van der Waals surface area contributed by atoms with E-state index in [1.165, 1.54) is 0 Å². The molecule has 2 N–H and O–H groups in total. The molecule has 0 spiro atoms. The first-order valence-corrected chi connectivity index (χ1v) is 3.06. The smallest absolute Gasteiger partial charge is 0.0694 e. The van der Waals surface area contributed by atoms with Crippen molar-refractivity contribution in [2.45, 2.75) is 19.3 Å². The van der Waals surface area contributed by atoms with Crippen LogP contribution in [0.1, 0.15) is 19.3 Å². The second kappa shape index (κ2) is 2.34. The van der Waals surface area contributed by atoms with Gasteiger partial charge in [0, 0.05) is 0 Å². The highest BCUT2D eigenvalue weighted by Crippen LogP contribution is 2.47. The maximum absolute atomic E-state index is 8.54. The highest BCUT2D eigenvalue weighted by Gasteiger charge is 2.42. The van der Waals surface area contributed by atoms with E-state index in [1.54, 1.807) is 0 Å². The summed E-state index contributed by atoms with van der Waals surface area (Å²) in [5.41, 5.74) is -0.0562. The van der Waals surface area contributed by atoms with Crippen molar-refractivity contribution in [3.8, 4) is 6.07 Å². The van der Waals surface area contributed by atoms with Gasteiger partial charge in [0.05, 0.1) is 18.1 Å². The molecule has 3 nitrogen and oxygen atoms in total. The van der Waals surface area contributed by atoms with Crippen LogP contribution in [-0.2, 0) is 4.84 Å². The summed E-state index contributed by atoms with van der Waals surface area (Å²) >= 11 is 0. The fourth-order valence-electron chi connectivity index (χ4n) is 0.823. The van der Waals surface area contributed by atoms with Gasteiger partial charge in [0.25, 0.3) is 0 Å². The fraction of sp³-hybridized carbons (Fsp3) is 0.833. The second-order valence-electron chi connectivity index (χ2n) is 2.51. The molecule has 0 saturated heterocycles. The van der Waals surface area contributed by atoms with Crippen LogP contribution in [0.4, 0.5) is 0 Å². The molecule has 1 rings (SSSR count). The maximum Gasteiger partial charge on any atom is 0.0694 e. The van der Waals surface area contributed by atoms with Crippen molar-refractivity contribution in [1.29, 1.82) is 5.26 Å². The third-order valence-corrected chi connectivity index (χ3v) is 1.79. The molecule has 0 atom stereocenters. The second-order valence-corrected chi connectivity index (χ2v) is 2.51. The van der Waals surface area contributed by atoms with Gasteiger partial charge in [0.15, 0.2) is 0 Å². The molecule has 0 amide bonds. The van der Waals surface area contributed by atoms with Crippen LogP contribution in [0.15, 0.2) is 0 Å². The minimum atomic E-state index is -0.0562. The van der Waals surface area contributed by atoms with Crippen molar-refractivity contribution >= 4 is 0 Å². The topological polar surface area (TPSA) is 59.0 Å². The summed E-state index contributed by atoms with van der Waals surface area (Å²) in [5.74, 6) is 4.81. The molecular weight excluding hydrogens is 116 g/mol. The first kappa shape index (κ1) is 6.53. The van der Waals surface area contributed by atoms with Gasteiger partial charge in [0.2, 0.25) is 0 Å². The monoisotopic (exact) mass is 126 g/mol. The molecular formula is C6H10N2O. The Balaban J connectivity index is 2.20. The first-order valence-electron chi connectivity index (χ1n) is 3.06. The van der Waals surface area contributed by atoms with Gasteiger partial charge in [-0.1, -0.05) is 0 Å². The van der Waals surface area contributed by atoms with E-state index in [1.807, 2.05) is 0 Å². The SMILES string of the molecule is N#CC1(CCON)CC1. The average molecular weight is 126 g/mol. The largest absolute Gasteiger partial charge is 0.305 e. The van der Waals surface area contributed by atoms with Gasteiger partial charge in [-0.05, 0) is 19.3 Å². The van der Waals surface area contributed by atoms with Crippen molar-refractivity contribution in [2.75, 3.05) is 6.61 Å². The van der Waals surface area contributed by atoms with Crippen LogP contribution in [0.2, 0.25) is 0 Å².